The van der Waals surface area contributed by atoms with Gasteiger partial charge < -0.3 is 15.8 Å². The lowest BCUT2D eigenvalue weighted by molar-refractivity contribution is -0.152. The van der Waals surface area contributed by atoms with Crippen LogP contribution in [-0.2, 0) is 4.74 Å². The largest absolute Gasteiger partial charge is 0.447 e. The number of ether oxygens (including phenoxy) is 1. The molecule has 4 nitrogen and oxygen atoms in total. The van der Waals surface area contributed by atoms with Gasteiger partial charge in [0.2, 0.25) is 0 Å². The van der Waals surface area contributed by atoms with Gasteiger partial charge in [-0.1, -0.05) is 0 Å². The van der Waals surface area contributed by atoms with Crippen molar-refractivity contribution >= 4 is 6.09 Å². The minimum atomic E-state index is -4.55. The van der Waals surface area contributed by atoms with E-state index in [0.29, 0.717) is 0 Å². The van der Waals surface area contributed by atoms with Crippen molar-refractivity contribution in [3.05, 3.63) is 0 Å². The van der Waals surface area contributed by atoms with Gasteiger partial charge in [0.25, 0.3) is 0 Å². The molecule has 0 aliphatic heterocycles. The number of alkyl carbamates (subject to hydrolysis) is 1. The summed E-state index contributed by atoms with van der Waals surface area (Å²) in [5.41, 5.74) is 4.85. The van der Waals surface area contributed by atoms with Gasteiger partial charge in [-0.05, 0) is 13.8 Å². The Bertz CT molecular complexity index is 194. The van der Waals surface area contributed by atoms with Crippen LogP contribution in [0.25, 0.3) is 0 Å². The molecule has 0 aliphatic rings. The van der Waals surface area contributed by atoms with Crippen LogP contribution in [0, 0.1) is 0 Å². The van der Waals surface area contributed by atoms with Gasteiger partial charge in [0.05, 0.1) is 6.10 Å². The molecule has 3 N–H and O–H groups in total. The maximum Gasteiger partial charge on any atom is 0.409 e. The molecule has 0 heterocycles. The molecule has 0 fully saturated rings. The first-order chi connectivity index (χ1) is 6.27. The molecule has 0 saturated heterocycles. The van der Waals surface area contributed by atoms with E-state index in [-0.39, 0.29) is 0 Å². The van der Waals surface area contributed by atoms with Crippen molar-refractivity contribution in [3.8, 4) is 0 Å². The van der Waals surface area contributed by atoms with Gasteiger partial charge in [0.15, 0.2) is 0 Å². The molecule has 0 aromatic rings. The lowest BCUT2D eigenvalue weighted by Gasteiger charge is -2.20. The zero-order valence-electron chi connectivity index (χ0n) is 7.89. The van der Waals surface area contributed by atoms with Crippen molar-refractivity contribution in [1.29, 1.82) is 0 Å². The minimum Gasteiger partial charge on any atom is -0.447 e. The molecule has 0 aliphatic carbocycles. The Hall–Kier alpha value is -0.980. The van der Waals surface area contributed by atoms with Gasteiger partial charge in [-0.25, -0.2) is 4.79 Å². The van der Waals surface area contributed by atoms with Crippen LogP contribution in [0.15, 0.2) is 0 Å². The maximum atomic E-state index is 12.1. The first-order valence-corrected chi connectivity index (χ1v) is 4.01. The van der Waals surface area contributed by atoms with Gasteiger partial charge in [-0.3, -0.25) is 0 Å². The molecular formula is C7H13F3N2O2. The Kier molecular flexibility index (Phi) is 4.69. The summed E-state index contributed by atoms with van der Waals surface area (Å²) < 4.78 is 40.7. The molecular weight excluding hydrogens is 201 g/mol. The topological polar surface area (TPSA) is 64.3 Å². The van der Waals surface area contributed by atoms with Gasteiger partial charge in [0.1, 0.15) is 6.04 Å². The van der Waals surface area contributed by atoms with E-state index in [9.17, 15) is 18.0 Å². The van der Waals surface area contributed by atoms with Gasteiger partial charge in [-0.2, -0.15) is 13.2 Å². The average Bonchev–Trinajstić information content (AvgIpc) is 1.96. The second kappa shape index (κ2) is 5.04. The predicted molar refractivity (Wildman–Crippen MR) is 43.7 cm³/mol. The van der Waals surface area contributed by atoms with Gasteiger partial charge in [-0.15, -0.1) is 0 Å². The molecule has 0 rings (SSSR count). The van der Waals surface area contributed by atoms with E-state index in [1.807, 2.05) is 0 Å². The van der Waals surface area contributed by atoms with E-state index in [1.165, 1.54) is 13.8 Å². The summed E-state index contributed by atoms with van der Waals surface area (Å²) in [6.07, 6.45) is -6.14. The highest BCUT2D eigenvalue weighted by Gasteiger charge is 2.40. The summed E-state index contributed by atoms with van der Waals surface area (Å²) in [5.74, 6) is 0. The number of hydrogen-bond donors (Lipinski definition) is 2. The third kappa shape index (κ3) is 4.90. The Morgan fingerprint density at radius 2 is 2.00 bits per heavy atom. The van der Waals surface area contributed by atoms with Crippen LogP contribution in [0.4, 0.5) is 18.0 Å². The van der Waals surface area contributed by atoms with Crippen molar-refractivity contribution < 1.29 is 22.7 Å². The van der Waals surface area contributed by atoms with E-state index in [2.05, 4.69) is 4.74 Å². The fourth-order valence-corrected chi connectivity index (χ4v) is 0.665. The molecule has 0 radical (unpaired) electrons. The van der Waals surface area contributed by atoms with Crippen LogP contribution >= 0.6 is 0 Å². The molecule has 0 saturated carbocycles. The summed E-state index contributed by atoms with van der Waals surface area (Å²) in [6.45, 7) is 2.35. The third-order valence-electron chi connectivity index (χ3n) is 1.27. The predicted octanol–water partition coefficient (Wildman–Crippen LogP) is 1.01. The average molecular weight is 214 g/mol. The summed E-state index contributed by atoms with van der Waals surface area (Å²) in [6, 6.07) is -2.06. The van der Waals surface area contributed by atoms with Gasteiger partial charge in [0, 0.05) is 6.54 Å². The van der Waals surface area contributed by atoms with Crippen molar-refractivity contribution in [1.82, 2.24) is 5.32 Å². The summed E-state index contributed by atoms with van der Waals surface area (Å²) >= 11 is 0. The van der Waals surface area contributed by atoms with Crippen molar-refractivity contribution in [2.24, 2.45) is 5.73 Å². The lowest BCUT2D eigenvalue weighted by atomic mass is 10.3. The van der Waals surface area contributed by atoms with E-state index >= 15 is 0 Å². The quantitative estimate of drug-likeness (QED) is 0.736. The number of carbonyl (C=O) groups excluding carboxylic acids is 1. The Morgan fingerprint density at radius 3 is 2.29 bits per heavy atom. The van der Waals surface area contributed by atoms with Crippen LogP contribution in [0.3, 0.4) is 0 Å². The summed E-state index contributed by atoms with van der Waals surface area (Å²) in [4.78, 5) is 10.8. The van der Waals surface area contributed by atoms with Crippen LogP contribution in [0.5, 0.6) is 0 Å². The van der Waals surface area contributed by atoms with E-state index in [0.717, 1.165) is 0 Å². The lowest BCUT2D eigenvalue weighted by Crippen LogP contribution is -2.50. The van der Waals surface area contributed by atoms with Crippen LogP contribution in [-0.4, -0.2) is 31.0 Å². The smallest absolute Gasteiger partial charge is 0.409 e. The molecule has 0 spiro atoms. The molecule has 0 aromatic heterocycles. The standard InChI is InChI=1S/C7H13F3N2O2/c1-4(2)14-6(13)12-5(3-11)7(8,9)10/h4-5H,3,11H2,1-2H3,(H,12,13). The number of halogens is 3. The second-order valence-electron chi connectivity index (χ2n) is 2.93. The molecule has 7 heteroatoms. The fourth-order valence-electron chi connectivity index (χ4n) is 0.665. The molecule has 0 aromatic carbocycles. The molecule has 84 valence electrons. The summed E-state index contributed by atoms with van der Waals surface area (Å²) in [7, 11) is 0. The van der Waals surface area contributed by atoms with Crippen molar-refractivity contribution in [2.75, 3.05) is 6.54 Å². The first kappa shape index (κ1) is 13.0. The highest BCUT2D eigenvalue weighted by Crippen LogP contribution is 2.19. The van der Waals surface area contributed by atoms with Crippen molar-refractivity contribution in [2.45, 2.75) is 32.2 Å². The SMILES string of the molecule is CC(C)OC(=O)NC(CN)C(F)(F)F. The van der Waals surface area contributed by atoms with Gasteiger partial charge >= 0.3 is 12.3 Å². The molecule has 1 amide bonds. The molecule has 1 unspecified atom stereocenters. The monoisotopic (exact) mass is 214 g/mol. The van der Waals surface area contributed by atoms with E-state index < -0.39 is 31.0 Å². The Morgan fingerprint density at radius 1 is 1.50 bits per heavy atom. The van der Waals surface area contributed by atoms with Crippen molar-refractivity contribution in [3.63, 3.8) is 0 Å². The number of carbonyl (C=O) groups is 1. The number of nitrogens with one attached hydrogen (secondary N) is 1. The minimum absolute atomic E-state index is 0.471. The number of amides is 1. The van der Waals surface area contributed by atoms with E-state index in [1.54, 1.807) is 5.32 Å². The fraction of sp³-hybridized carbons (Fsp3) is 0.857. The Balaban J connectivity index is 4.13. The highest BCUT2D eigenvalue weighted by molar-refractivity contribution is 5.67. The van der Waals surface area contributed by atoms with E-state index in [4.69, 9.17) is 5.73 Å². The van der Waals surface area contributed by atoms with Crippen LogP contribution in [0.2, 0.25) is 0 Å². The number of rotatable bonds is 3. The molecule has 1 atom stereocenters. The van der Waals surface area contributed by atoms with Crippen LogP contribution in [0.1, 0.15) is 13.8 Å². The summed E-state index contributed by atoms with van der Waals surface area (Å²) in [5, 5.41) is 1.63. The van der Waals surface area contributed by atoms with Crippen LogP contribution < -0.4 is 11.1 Å². The number of nitrogens with two attached hydrogens (primary N) is 1. The molecule has 14 heavy (non-hydrogen) atoms. The number of hydrogen-bond acceptors (Lipinski definition) is 3. The zero-order valence-corrected chi connectivity index (χ0v) is 7.89. The first-order valence-electron chi connectivity index (χ1n) is 4.01. The highest BCUT2D eigenvalue weighted by atomic mass is 19.4. The third-order valence-corrected chi connectivity index (χ3v) is 1.27. The zero-order chi connectivity index (χ0) is 11.4. The maximum absolute atomic E-state index is 12.1. The number of alkyl halides is 3. The second-order valence-corrected chi connectivity index (χ2v) is 2.93. The molecule has 0 bridgehead atoms. The Labute approximate surface area is 79.6 Å². The normalized spacial score (nSPS) is 13.9.